The van der Waals surface area contributed by atoms with Gasteiger partial charge in [-0.2, -0.15) is 0 Å². The van der Waals surface area contributed by atoms with Crippen molar-refractivity contribution in [2.45, 2.75) is 30.7 Å². The first kappa shape index (κ1) is 42.9. The number of allylic oxidation sites excluding steroid dienone is 3. The van der Waals surface area contributed by atoms with Crippen molar-refractivity contribution in [2.24, 2.45) is 0 Å². The minimum atomic E-state index is -0.489. The van der Waals surface area contributed by atoms with E-state index in [1.165, 1.54) is 126 Å². The molecule has 15 rings (SSSR count). The van der Waals surface area contributed by atoms with E-state index in [2.05, 4.69) is 270 Å². The van der Waals surface area contributed by atoms with Gasteiger partial charge in [-0.05, 0) is 135 Å². The molecule has 350 valence electrons. The van der Waals surface area contributed by atoms with Gasteiger partial charge < -0.3 is 9.47 Å². The van der Waals surface area contributed by atoms with Gasteiger partial charge in [0.15, 0.2) is 0 Å². The summed E-state index contributed by atoms with van der Waals surface area (Å²) >= 11 is 1.89. The molecule has 2 heterocycles. The molecule has 1 atom stereocenters. The molecule has 74 heavy (non-hydrogen) atoms. The summed E-state index contributed by atoms with van der Waals surface area (Å²) in [5.41, 5.74) is 20.1. The highest BCUT2D eigenvalue weighted by Gasteiger charge is 2.46. The van der Waals surface area contributed by atoms with Crippen LogP contribution in [0.4, 0.5) is 11.4 Å². The third-order valence-corrected chi connectivity index (χ3v) is 17.5. The van der Waals surface area contributed by atoms with Gasteiger partial charge in [-0.3, -0.25) is 0 Å². The lowest BCUT2D eigenvalue weighted by Gasteiger charge is -2.34. The van der Waals surface area contributed by atoms with Gasteiger partial charge in [-0.25, -0.2) is 0 Å². The lowest BCUT2D eigenvalue weighted by molar-refractivity contribution is 0.770. The number of nitrogens with zero attached hydrogens (tertiary/aromatic N) is 2. The number of anilines is 2. The van der Waals surface area contributed by atoms with Crippen molar-refractivity contribution < 1.29 is 0 Å². The van der Waals surface area contributed by atoms with Crippen LogP contribution < -0.4 is 4.90 Å². The SMILES string of the molecule is C1=CC(N(c2ccc3c(c2)sc2ccccc23)c2ccc(C3=Cc4c(n(-c5ccccc5)c5ccc(C6(c7ccccc7)c7ccccc7-c7ccccc76)cc45)CC3)c3ccccc23)CC=C1c1ccccc1. The van der Waals surface area contributed by atoms with Crippen LogP contribution in [0.2, 0.25) is 0 Å². The Hall–Kier alpha value is -8.76. The molecule has 1 unspecified atom stereocenters. The molecule has 0 N–H and O–H groups in total. The standard InChI is InChI=1S/C71H50N2S/c1-4-18-47(19-5-1)48-32-36-53(37-33-48)72(54-38-39-61-60-28-14-17-31-69(60)74-70(61)46-54)66-43-40-55(56-24-10-11-27-59(56)66)49-34-41-67-62(44-49)63-45-51(35-42-68(63)73(67)52-22-8-3-9-23-52)71(50-20-6-2-7-21-50)64-29-15-12-25-57(64)58-26-13-16-30-65(58)71/h1-33,35-36,38-40,42-46,53H,34,37,41H2. The first-order valence-corrected chi connectivity index (χ1v) is 26.9. The third kappa shape index (κ3) is 6.56. The van der Waals surface area contributed by atoms with Gasteiger partial charge in [-0.15, -0.1) is 11.3 Å². The highest BCUT2D eigenvalue weighted by Crippen LogP contribution is 2.57. The van der Waals surface area contributed by atoms with Crippen LogP contribution in [-0.2, 0) is 11.8 Å². The van der Waals surface area contributed by atoms with Crippen LogP contribution in [-0.4, -0.2) is 10.6 Å². The second-order valence-corrected chi connectivity index (χ2v) is 21.2. The summed E-state index contributed by atoms with van der Waals surface area (Å²) in [5, 5.41) is 6.47. The Morgan fingerprint density at radius 2 is 1.15 bits per heavy atom. The second-order valence-electron chi connectivity index (χ2n) is 20.2. The van der Waals surface area contributed by atoms with Gasteiger partial charge in [0, 0.05) is 59.3 Å². The number of benzene rings is 10. The quantitative estimate of drug-likeness (QED) is 0.147. The van der Waals surface area contributed by atoms with Crippen molar-refractivity contribution in [3.8, 4) is 16.8 Å². The van der Waals surface area contributed by atoms with Gasteiger partial charge in [-0.1, -0.05) is 206 Å². The van der Waals surface area contributed by atoms with Crippen LogP contribution in [0.1, 0.15) is 57.5 Å². The van der Waals surface area contributed by atoms with E-state index >= 15 is 0 Å². The Morgan fingerprint density at radius 1 is 0.486 bits per heavy atom. The van der Waals surface area contributed by atoms with Crippen molar-refractivity contribution >= 4 is 81.8 Å². The molecule has 0 fully saturated rings. The zero-order valence-electron chi connectivity index (χ0n) is 40.8. The van der Waals surface area contributed by atoms with E-state index in [4.69, 9.17) is 0 Å². The molecule has 0 bridgehead atoms. The van der Waals surface area contributed by atoms with Crippen LogP contribution in [0.5, 0.6) is 0 Å². The van der Waals surface area contributed by atoms with E-state index in [0.717, 1.165) is 19.3 Å². The fourth-order valence-corrected chi connectivity index (χ4v) is 14.2. The first-order chi connectivity index (χ1) is 36.7. The maximum atomic E-state index is 2.61. The Morgan fingerprint density at radius 3 is 1.91 bits per heavy atom. The van der Waals surface area contributed by atoms with E-state index in [9.17, 15) is 0 Å². The maximum absolute atomic E-state index is 2.61. The van der Waals surface area contributed by atoms with Crippen LogP contribution in [0.15, 0.2) is 255 Å². The predicted octanol–water partition coefficient (Wildman–Crippen LogP) is 18.6. The monoisotopic (exact) mass is 962 g/mol. The average Bonchev–Trinajstić information content (AvgIpc) is 4.18. The van der Waals surface area contributed by atoms with Crippen LogP contribution in [0.3, 0.4) is 0 Å². The predicted molar refractivity (Wildman–Crippen MR) is 314 cm³/mol. The number of hydrogen-bond acceptors (Lipinski definition) is 2. The number of rotatable bonds is 8. The average molecular weight is 963 g/mol. The fraction of sp³-hybridized carbons (Fsp3) is 0.0704. The Kier molecular flexibility index (Phi) is 9.96. The minimum Gasteiger partial charge on any atom is -0.334 e. The zero-order valence-corrected chi connectivity index (χ0v) is 41.6. The third-order valence-electron chi connectivity index (χ3n) is 16.3. The van der Waals surface area contributed by atoms with E-state index in [0.29, 0.717) is 0 Å². The summed E-state index contributed by atoms with van der Waals surface area (Å²) < 4.78 is 5.17. The van der Waals surface area contributed by atoms with E-state index in [1.807, 2.05) is 11.3 Å². The van der Waals surface area contributed by atoms with Crippen LogP contribution in [0, 0.1) is 0 Å². The molecule has 3 aliphatic carbocycles. The molecule has 2 aromatic heterocycles. The van der Waals surface area contributed by atoms with Gasteiger partial charge in [0.05, 0.1) is 17.0 Å². The summed E-state index contributed by atoms with van der Waals surface area (Å²) in [7, 11) is 0. The lowest BCUT2D eigenvalue weighted by atomic mass is 9.67. The molecule has 0 saturated carbocycles. The van der Waals surface area contributed by atoms with Gasteiger partial charge in [0.25, 0.3) is 0 Å². The molecule has 0 radical (unpaired) electrons. The molecular formula is C71H50N2S. The van der Waals surface area contributed by atoms with Crippen LogP contribution in [0.25, 0.3) is 75.9 Å². The molecular weight excluding hydrogens is 913 g/mol. The highest BCUT2D eigenvalue weighted by atomic mass is 32.1. The molecule has 0 saturated heterocycles. The van der Waals surface area contributed by atoms with E-state index in [-0.39, 0.29) is 6.04 Å². The molecule has 10 aromatic carbocycles. The van der Waals surface area contributed by atoms with Crippen molar-refractivity contribution in [2.75, 3.05) is 4.90 Å². The fourth-order valence-electron chi connectivity index (χ4n) is 13.1. The van der Waals surface area contributed by atoms with Gasteiger partial charge >= 0.3 is 0 Å². The number of para-hydroxylation sites is 1. The number of hydrogen-bond donors (Lipinski definition) is 0. The summed E-state index contributed by atoms with van der Waals surface area (Å²) in [5.74, 6) is 0. The van der Waals surface area contributed by atoms with E-state index < -0.39 is 5.41 Å². The molecule has 0 aliphatic heterocycles. The molecule has 3 heteroatoms. The smallest absolute Gasteiger partial charge is 0.0713 e. The summed E-state index contributed by atoms with van der Waals surface area (Å²) in [6.07, 6.45) is 12.5. The zero-order chi connectivity index (χ0) is 48.7. The maximum Gasteiger partial charge on any atom is 0.0713 e. The van der Waals surface area contributed by atoms with E-state index in [1.54, 1.807) is 0 Å². The summed E-state index contributed by atoms with van der Waals surface area (Å²) in [6, 6.07) is 88.5. The summed E-state index contributed by atoms with van der Waals surface area (Å²) in [4.78, 5) is 2.61. The topological polar surface area (TPSA) is 8.17 Å². The van der Waals surface area contributed by atoms with Crippen LogP contribution >= 0.6 is 11.3 Å². The molecule has 3 aliphatic rings. The Balaban J connectivity index is 0.908. The van der Waals surface area contributed by atoms with Crippen molar-refractivity contribution in [3.63, 3.8) is 0 Å². The number of fused-ring (bicyclic) bond motifs is 10. The van der Waals surface area contributed by atoms with Crippen molar-refractivity contribution in [3.05, 3.63) is 299 Å². The summed E-state index contributed by atoms with van der Waals surface area (Å²) in [6.45, 7) is 0. The first-order valence-electron chi connectivity index (χ1n) is 26.1. The van der Waals surface area contributed by atoms with Gasteiger partial charge in [0.1, 0.15) is 0 Å². The molecule has 0 amide bonds. The normalized spacial score (nSPS) is 15.5. The number of thiophene rings is 1. The van der Waals surface area contributed by atoms with Gasteiger partial charge in [0.2, 0.25) is 0 Å². The largest absolute Gasteiger partial charge is 0.334 e. The molecule has 12 aromatic rings. The molecule has 2 nitrogen and oxygen atoms in total. The number of aromatic nitrogens is 1. The lowest BCUT2D eigenvalue weighted by Crippen LogP contribution is -2.30. The second kappa shape index (κ2) is 17.2. The highest BCUT2D eigenvalue weighted by molar-refractivity contribution is 7.25. The Bertz CT molecular complexity index is 4240. The van der Waals surface area contributed by atoms with Crippen molar-refractivity contribution in [1.82, 2.24) is 4.57 Å². The molecule has 0 spiro atoms. The van der Waals surface area contributed by atoms with Crippen molar-refractivity contribution in [1.29, 1.82) is 0 Å². The Labute approximate surface area is 435 Å². The minimum absolute atomic E-state index is 0.122.